The number of Topliss-reactive ketones (excluding diaryl/α,β-unsaturated/α-hetero) is 1. The number of aliphatic hydroxyl groups is 2. The van der Waals surface area contributed by atoms with E-state index in [0.717, 1.165) is 5.56 Å². The summed E-state index contributed by atoms with van der Waals surface area (Å²) in [5, 5.41) is 22.9. The molecule has 2 unspecified atom stereocenters. The molecule has 0 aliphatic carbocycles. The number of carbonyl (C=O) groups is 1. The highest BCUT2D eigenvalue weighted by Gasteiger charge is 2.20. The molecule has 100 valence electrons. The Morgan fingerprint density at radius 1 is 1.39 bits per heavy atom. The first kappa shape index (κ1) is 14.8. The SMILES string of the molecule is CNCCC(O)C(O)c1cc(C(C)=O)ccc1C. The van der Waals surface area contributed by atoms with Crippen LogP contribution in [0.25, 0.3) is 0 Å². The molecule has 1 aromatic rings. The predicted molar refractivity (Wildman–Crippen MR) is 70.7 cm³/mol. The zero-order valence-electron chi connectivity index (χ0n) is 11.1. The molecular formula is C14H21NO3. The molecule has 0 aromatic heterocycles. The highest BCUT2D eigenvalue weighted by molar-refractivity contribution is 5.94. The fourth-order valence-corrected chi connectivity index (χ4v) is 1.84. The normalized spacial score (nSPS) is 14.3. The summed E-state index contributed by atoms with van der Waals surface area (Å²) in [5.74, 6) is -0.0480. The summed E-state index contributed by atoms with van der Waals surface area (Å²) in [6, 6.07) is 5.18. The van der Waals surface area contributed by atoms with Crippen molar-refractivity contribution < 1.29 is 15.0 Å². The van der Waals surface area contributed by atoms with E-state index in [-0.39, 0.29) is 5.78 Å². The summed E-state index contributed by atoms with van der Waals surface area (Å²) in [6.45, 7) is 3.97. The van der Waals surface area contributed by atoms with E-state index in [9.17, 15) is 15.0 Å². The number of nitrogens with one attached hydrogen (secondary N) is 1. The zero-order chi connectivity index (χ0) is 13.7. The fourth-order valence-electron chi connectivity index (χ4n) is 1.84. The molecule has 4 nitrogen and oxygen atoms in total. The second kappa shape index (κ2) is 6.64. The molecule has 0 heterocycles. The zero-order valence-corrected chi connectivity index (χ0v) is 11.1. The van der Waals surface area contributed by atoms with Crippen LogP contribution >= 0.6 is 0 Å². The summed E-state index contributed by atoms with van der Waals surface area (Å²) in [5.41, 5.74) is 2.04. The van der Waals surface area contributed by atoms with Gasteiger partial charge >= 0.3 is 0 Å². The summed E-state index contributed by atoms with van der Waals surface area (Å²) < 4.78 is 0. The topological polar surface area (TPSA) is 69.6 Å². The Morgan fingerprint density at radius 2 is 2.06 bits per heavy atom. The lowest BCUT2D eigenvalue weighted by molar-refractivity contribution is 0.0136. The molecule has 0 saturated heterocycles. The number of aryl methyl sites for hydroxylation is 1. The van der Waals surface area contributed by atoms with Crippen molar-refractivity contribution in [3.63, 3.8) is 0 Å². The Balaban J connectivity index is 2.93. The molecule has 0 aliphatic heterocycles. The Morgan fingerprint density at radius 3 is 2.61 bits per heavy atom. The summed E-state index contributed by atoms with van der Waals surface area (Å²) in [4.78, 5) is 11.3. The summed E-state index contributed by atoms with van der Waals surface area (Å²) in [6.07, 6.45) is -1.34. The number of ketones is 1. The molecule has 2 atom stereocenters. The number of benzene rings is 1. The maximum Gasteiger partial charge on any atom is 0.159 e. The van der Waals surface area contributed by atoms with Gasteiger partial charge in [0.25, 0.3) is 0 Å². The standard InChI is InChI=1S/C14H21NO3/c1-9-4-5-11(10(2)16)8-12(9)14(18)13(17)6-7-15-3/h4-5,8,13-15,17-18H,6-7H2,1-3H3. The van der Waals surface area contributed by atoms with Gasteiger partial charge in [0.15, 0.2) is 5.78 Å². The van der Waals surface area contributed by atoms with Crippen molar-refractivity contribution in [3.8, 4) is 0 Å². The third kappa shape index (κ3) is 3.63. The fraction of sp³-hybridized carbons (Fsp3) is 0.500. The molecule has 4 heteroatoms. The van der Waals surface area contributed by atoms with Crippen molar-refractivity contribution in [2.45, 2.75) is 32.5 Å². The van der Waals surface area contributed by atoms with Gasteiger partial charge in [0.1, 0.15) is 6.10 Å². The van der Waals surface area contributed by atoms with Crippen LogP contribution in [-0.4, -0.2) is 35.7 Å². The molecule has 0 bridgehead atoms. The van der Waals surface area contributed by atoms with E-state index in [1.165, 1.54) is 6.92 Å². The quantitative estimate of drug-likeness (QED) is 0.665. The maximum atomic E-state index is 11.3. The van der Waals surface area contributed by atoms with Crippen LogP contribution in [0.5, 0.6) is 0 Å². The van der Waals surface area contributed by atoms with Crippen molar-refractivity contribution in [3.05, 3.63) is 34.9 Å². The third-order valence-corrected chi connectivity index (χ3v) is 3.06. The highest BCUT2D eigenvalue weighted by Crippen LogP contribution is 2.23. The lowest BCUT2D eigenvalue weighted by Gasteiger charge is -2.20. The molecule has 1 aromatic carbocycles. The molecular weight excluding hydrogens is 230 g/mol. The Kier molecular flexibility index (Phi) is 5.47. The van der Waals surface area contributed by atoms with Crippen molar-refractivity contribution in [1.82, 2.24) is 5.32 Å². The first-order valence-corrected chi connectivity index (χ1v) is 6.09. The van der Waals surface area contributed by atoms with Crippen LogP contribution in [0.4, 0.5) is 0 Å². The minimum Gasteiger partial charge on any atom is -0.390 e. The summed E-state index contributed by atoms with van der Waals surface area (Å²) >= 11 is 0. The predicted octanol–water partition coefficient (Wildman–Crippen LogP) is 1.20. The van der Waals surface area contributed by atoms with E-state index in [4.69, 9.17) is 0 Å². The van der Waals surface area contributed by atoms with Crippen molar-refractivity contribution in [2.75, 3.05) is 13.6 Å². The minimum absolute atomic E-state index is 0.0480. The third-order valence-electron chi connectivity index (χ3n) is 3.06. The lowest BCUT2D eigenvalue weighted by atomic mass is 9.95. The van der Waals surface area contributed by atoms with Crippen molar-refractivity contribution in [2.24, 2.45) is 0 Å². The van der Waals surface area contributed by atoms with Crippen LogP contribution in [0, 0.1) is 6.92 Å². The summed E-state index contributed by atoms with van der Waals surface area (Å²) in [7, 11) is 1.79. The van der Waals surface area contributed by atoms with Gasteiger partial charge in [-0.25, -0.2) is 0 Å². The number of rotatable bonds is 6. The Bertz CT molecular complexity index is 418. The number of aliphatic hydroxyl groups excluding tert-OH is 2. The molecule has 0 radical (unpaired) electrons. The second-order valence-electron chi connectivity index (χ2n) is 4.53. The van der Waals surface area contributed by atoms with Crippen LogP contribution in [0.1, 0.15) is 40.9 Å². The van der Waals surface area contributed by atoms with E-state index in [1.54, 1.807) is 25.2 Å². The molecule has 18 heavy (non-hydrogen) atoms. The van der Waals surface area contributed by atoms with Gasteiger partial charge in [-0.2, -0.15) is 0 Å². The van der Waals surface area contributed by atoms with E-state index >= 15 is 0 Å². The molecule has 0 spiro atoms. The van der Waals surface area contributed by atoms with Gasteiger partial charge in [-0.3, -0.25) is 4.79 Å². The van der Waals surface area contributed by atoms with Gasteiger partial charge in [0.05, 0.1) is 6.10 Å². The van der Waals surface area contributed by atoms with E-state index in [0.29, 0.717) is 24.1 Å². The first-order valence-electron chi connectivity index (χ1n) is 6.09. The maximum absolute atomic E-state index is 11.3. The van der Waals surface area contributed by atoms with Crippen LogP contribution < -0.4 is 5.32 Å². The van der Waals surface area contributed by atoms with Gasteiger partial charge in [-0.15, -0.1) is 0 Å². The van der Waals surface area contributed by atoms with Gasteiger partial charge < -0.3 is 15.5 Å². The van der Waals surface area contributed by atoms with Crippen LogP contribution in [0.3, 0.4) is 0 Å². The molecule has 0 saturated carbocycles. The minimum atomic E-state index is -0.961. The molecule has 0 aliphatic rings. The van der Waals surface area contributed by atoms with Crippen LogP contribution in [0.2, 0.25) is 0 Å². The van der Waals surface area contributed by atoms with Crippen molar-refractivity contribution in [1.29, 1.82) is 0 Å². The smallest absolute Gasteiger partial charge is 0.159 e. The average molecular weight is 251 g/mol. The monoisotopic (exact) mass is 251 g/mol. The van der Waals surface area contributed by atoms with E-state index < -0.39 is 12.2 Å². The van der Waals surface area contributed by atoms with Crippen molar-refractivity contribution >= 4 is 5.78 Å². The molecule has 0 amide bonds. The Labute approximate surface area is 108 Å². The highest BCUT2D eigenvalue weighted by atomic mass is 16.3. The molecule has 0 fully saturated rings. The van der Waals surface area contributed by atoms with E-state index in [1.807, 2.05) is 6.92 Å². The Hall–Kier alpha value is -1.23. The van der Waals surface area contributed by atoms with E-state index in [2.05, 4.69) is 5.32 Å². The largest absolute Gasteiger partial charge is 0.390 e. The second-order valence-corrected chi connectivity index (χ2v) is 4.53. The first-order chi connectivity index (χ1) is 8.47. The van der Waals surface area contributed by atoms with Gasteiger partial charge in [-0.1, -0.05) is 12.1 Å². The van der Waals surface area contributed by atoms with Crippen LogP contribution in [0.15, 0.2) is 18.2 Å². The van der Waals surface area contributed by atoms with Gasteiger partial charge in [0, 0.05) is 5.56 Å². The number of hydrogen-bond donors (Lipinski definition) is 3. The van der Waals surface area contributed by atoms with Crippen LogP contribution in [-0.2, 0) is 0 Å². The number of hydrogen-bond acceptors (Lipinski definition) is 4. The van der Waals surface area contributed by atoms with Gasteiger partial charge in [0.2, 0.25) is 0 Å². The molecule has 3 N–H and O–H groups in total. The number of carbonyl (C=O) groups excluding carboxylic acids is 1. The molecule has 1 rings (SSSR count). The van der Waals surface area contributed by atoms with Gasteiger partial charge in [-0.05, 0) is 51.1 Å². The average Bonchev–Trinajstić information content (AvgIpc) is 2.35. The lowest BCUT2D eigenvalue weighted by Crippen LogP contribution is -2.24.